The summed E-state index contributed by atoms with van der Waals surface area (Å²) in [6.45, 7) is 3.92. The third kappa shape index (κ3) is 3.22. The van der Waals surface area contributed by atoms with Gasteiger partial charge in [-0.05, 0) is 43.4 Å². The number of halogens is 1. The van der Waals surface area contributed by atoms with E-state index in [4.69, 9.17) is 23.1 Å². The van der Waals surface area contributed by atoms with E-state index >= 15 is 0 Å². The first-order valence-corrected chi connectivity index (χ1v) is 8.00. The van der Waals surface area contributed by atoms with Gasteiger partial charge in [0.1, 0.15) is 0 Å². The van der Waals surface area contributed by atoms with Gasteiger partial charge < -0.3 is 11.5 Å². The lowest BCUT2D eigenvalue weighted by Crippen LogP contribution is -2.22. The molecule has 0 radical (unpaired) electrons. The van der Waals surface area contributed by atoms with Gasteiger partial charge in [0.15, 0.2) is 5.96 Å². The predicted octanol–water partition coefficient (Wildman–Crippen LogP) is 4.09. The molecule has 4 N–H and O–H groups in total. The molecule has 4 nitrogen and oxygen atoms in total. The maximum absolute atomic E-state index is 6.46. The molecule has 118 valence electrons. The maximum atomic E-state index is 6.46. The molecule has 3 rings (SSSR count). The Hall–Kier alpha value is -2.33. The summed E-state index contributed by atoms with van der Waals surface area (Å²) in [5.41, 5.74) is 15.5. The van der Waals surface area contributed by atoms with Crippen LogP contribution in [-0.4, -0.2) is 10.9 Å². The minimum absolute atomic E-state index is 0.00507. The molecule has 23 heavy (non-hydrogen) atoms. The molecule has 1 aliphatic rings. The van der Waals surface area contributed by atoms with Crippen molar-refractivity contribution < 1.29 is 0 Å². The number of hydrogen-bond donors (Lipinski definition) is 2. The van der Waals surface area contributed by atoms with E-state index in [0.717, 1.165) is 34.9 Å². The number of pyridine rings is 1. The normalized spacial score (nSPS) is 14.4. The second kappa shape index (κ2) is 6.42. The van der Waals surface area contributed by atoms with Crippen molar-refractivity contribution in [1.82, 2.24) is 4.98 Å². The van der Waals surface area contributed by atoms with Crippen LogP contribution in [0.3, 0.4) is 0 Å². The highest BCUT2D eigenvalue weighted by atomic mass is 35.5. The third-order valence-electron chi connectivity index (χ3n) is 4.03. The number of guanidine groups is 1. The van der Waals surface area contributed by atoms with Crippen LogP contribution in [0.2, 0.25) is 5.02 Å². The van der Waals surface area contributed by atoms with E-state index in [-0.39, 0.29) is 5.96 Å². The van der Waals surface area contributed by atoms with Crippen molar-refractivity contribution in [1.29, 1.82) is 0 Å². The molecule has 0 bridgehead atoms. The molecule has 5 heteroatoms. The van der Waals surface area contributed by atoms with E-state index in [1.54, 1.807) is 6.20 Å². The van der Waals surface area contributed by atoms with Gasteiger partial charge in [-0.15, -0.1) is 0 Å². The first kappa shape index (κ1) is 15.6. The molecule has 0 saturated carbocycles. The summed E-state index contributed by atoms with van der Waals surface area (Å²) in [5.74, 6) is -0.00507. The second-order valence-corrected chi connectivity index (χ2v) is 6.08. The lowest BCUT2D eigenvalue weighted by Gasteiger charge is -2.17. The van der Waals surface area contributed by atoms with Gasteiger partial charge in [-0.2, -0.15) is 0 Å². The third-order valence-corrected chi connectivity index (χ3v) is 4.32. The Morgan fingerprint density at radius 2 is 2.09 bits per heavy atom. The summed E-state index contributed by atoms with van der Waals surface area (Å²) in [6, 6.07) is 5.87. The van der Waals surface area contributed by atoms with Crippen molar-refractivity contribution in [2.24, 2.45) is 16.5 Å². The molecule has 0 aliphatic heterocycles. The van der Waals surface area contributed by atoms with Crippen LogP contribution in [0, 0.1) is 0 Å². The van der Waals surface area contributed by atoms with Crippen LogP contribution in [0.15, 0.2) is 42.0 Å². The van der Waals surface area contributed by atoms with Gasteiger partial charge in [-0.1, -0.05) is 30.3 Å². The Morgan fingerprint density at radius 3 is 2.78 bits per heavy atom. The monoisotopic (exact) mass is 326 g/mol. The number of benzene rings is 1. The zero-order valence-electron chi connectivity index (χ0n) is 12.8. The first-order chi connectivity index (χ1) is 11.1. The smallest absolute Gasteiger partial charge is 0.191 e. The molecule has 0 saturated heterocycles. The van der Waals surface area contributed by atoms with E-state index in [1.807, 2.05) is 18.2 Å². The van der Waals surface area contributed by atoms with Gasteiger partial charge in [0.2, 0.25) is 0 Å². The molecule has 0 atom stereocenters. The Bertz CT molecular complexity index is 832. The van der Waals surface area contributed by atoms with E-state index in [0.29, 0.717) is 10.7 Å². The molecule has 0 unspecified atom stereocenters. The summed E-state index contributed by atoms with van der Waals surface area (Å²) in [7, 11) is 0. The minimum atomic E-state index is -0.00507. The zero-order chi connectivity index (χ0) is 16.4. The number of fused-ring (bicyclic) bond motifs is 1. The lowest BCUT2D eigenvalue weighted by atomic mass is 9.91. The Kier molecular flexibility index (Phi) is 4.35. The summed E-state index contributed by atoms with van der Waals surface area (Å²) in [5, 5.41) is 1.69. The molecule has 1 heterocycles. The van der Waals surface area contributed by atoms with Crippen molar-refractivity contribution in [3.63, 3.8) is 0 Å². The molecule has 1 aromatic carbocycles. The highest BCUT2D eigenvalue weighted by Gasteiger charge is 2.15. The highest BCUT2D eigenvalue weighted by Crippen LogP contribution is 2.36. The van der Waals surface area contributed by atoms with Crippen molar-refractivity contribution in [3.05, 3.63) is 53.2 Å². The lowest BCUT2D eigenvalue weighted by molar-refractivity contribution is 0.742. The quantitative estimate of drug-likeness (QED) is 0.658. The number of aliphatic imine (C=N–C) groups is 1. The molecular weight excluding hydrogens is 308 g/mol. The molecule has 0 fully saturated rings. The fraction of sp³-hybridized carbons (Fsp3) is 0.222. The Morgan fingerprint density at radius 1 is 1.26 bits per heavy atom. The number of hydrogen-bond acceptors (Lipinski definition) is 2. The summed E-state index contributed by atoms with van der Waals surface area (Å²) in [4.78, 5) is 8.45. The number of aromatic nitrogens is 1. The van der Waals surface area contributed by atoms with Crippen molar-refractivity contribution in [3.8, 4) is 0 Å². The van der Waals surface area contributed by atoms with Crippen LogP contribution in [0.1, 0.15) is 36.8 Å². The van der Waals surface area contributed by atoms with Gasteiger partial charge in [-0.3, -0.25) is 4.98 Å². The van der Waals surface area contributed by atoms with E-state index < -0.39 is 0 Å². The average Bonchev–Trinajstić information content (AvgIpc) is 2.54. The number of nitrogens with two attached hydrogens (primary N) is 2. The minimum Gasteiger partial charge on any atom is -0.370 e. The van der Waals surface area contributed by atoms with Gasteiger partial charge in [0.25, 0.3) is 0 Å². The van der Waals surface area contributed by atoms with Gasteiger partial charge in [0.05, 0.1) is 16.2 Å². The standard InChI is InChI=1S/C18H19ClN4/c1-11(23-18(20)21)13-7-8-16-14(9-13)17(15(19)10-22-16)12-5-3-2-4-6-12/h5,7-10H,1-4,6H2,(H4,20,21,23). The highest BCUT2D eigenvalue weighted by molar-refractivity contribution is 6.33. The molecular formula is C18H19ClN4. The summed E-state index contributed by atoms with van der Waals surface area (Å²) in [6.07, 6.45) is 8.55. The summed E-state index contributed by atoms with van der Waals surface area (Å²) >= 11 is 6.46. The van der Waals surface area contributed by atoms with Crippen LogP contribution >= 0.6 is 11.6 Å². The van der Waals surface area contributed by atoms with Gasteiger partial charge in [0, 0.05) is 22.7 Å². The van der Waals surface area contributed by atoms with Crippen LogP contribution in [-0.2, 0) is 0 Å². The van der Waals surface area contributed by atoms with Crippen LogP contribution < -0.4 is 11.5 Å². The van der Waals surface area contributed by atoms with Crippen molar-refractivity contribution in [2.75, 3.05) is 0 Å². The fourth-order valence-corrected chi connectivity index (χ4v) is 3.23. The molecule has 1 aromatic heterocycles. The number of nitrogens with zero attached hydrogens (tertiary/aromatic N) is 2. The van der Waals surface area contributed by atoms with Crippen LogP contribution in [0.25, 0.3) is 22.2 Å². The molecule has 0 spiro atoms. The van der Waals surface area contributed by atoms with E-state index in [9.17, 15) is 0 Å². The maximum Gasteiger partial charge on any atom is 0.191 e. The SMILES string of the molecule is C=C(N=C(N)N)c1ccc2ncc(Cl)c(C3=CCCCC3)c2c1. The first-order valence-electron chi connectivity index (χ1n) is 7.63. The Balaban J connectivity index is 2.18. The second-order valence-electron chi connectivity index (χ2n) is 5.67. The van der Waals surface area contributed by atoms with Crippen molar-refractivity contribution in [2.45, 2.75) is 25.7 Å². The molecule has 2 aromatic rings. The van der Waals surface area contributed by atoms with E-state index in [2.05, 4.69) is 22.6 Å². The topological polar surface area (TPSA) is 77.3 Å². The number of allylic oxidation sites excluding steroid dienone is 2. The summed E-state index contributed by atoms with van der Waals surface area (Å²) < 4.78 is 0. The van der Waals surface area contributed by atoms with Gasteiger partial charge >= 0.3 is 0 Å². The molecule has 1 aliphatic carbocycles. The van der Waals surface area contributed by atoms with E-state index in [1.165, 1.54) is 18.4 Å². The predicted molar refractivity (Wildman–Crippen MR) is 98.0 cm³/mol. The fourth-order valence-electron chi connectivity index (χ4n) is 2.96. The van der Waals surface area contributed by atoms with Crippen LogP contribution in [0.4, 0.5) is 0 Å². The zero-order valence-corrected chi connectivity index (χ0v) is 13.6. The van der Waals surface area contributed by atoms with Gasteiger partial charge in [-0.25, -0.2) is 4.99 Å². The molecule has 0 amide bonds. The van der Waals surface area contributed by atoms with Crippen molar-refractivity contribution >= 4 is 39.7 Å². The largest absolute Gasteiger partial charge is 0.370 e. The average molecular weight is 327 g/mol. The van der Waals surface area contributed by atoms with Crippen LogP contribution in [0.5, 0.6) is 0 Å². The Labute approximate surface area is 140 Å². The number of rotatable bonds is 3.